The van der Waals surface area contributed by atoms with Crippen LogP contribution in [-0.2, 0) is 20.3 Å². The van der Waals surface area contributed by atoms with E-state index in [-0.39, 0.29) is 33.0 Å². The first-order valence-corrected chi connectivity index (χ1v) is 9.85. The zero-order valence-electron chi connectivity index (χ0n) is 13.7. The maximum absolute atomic E-state index is 14.3. The number of ether oxygens (including phenoxy) is 1. The Labute approximate surface area is 156 Å². The Balaban J connectivity index is 2.24. The summed E-state index contributed by atoms with van der Waals surface area (Å²) in [5.41, 5.74) is 0.390. The predicted octanol–water partition coefficient (Wildman–Crippen LogP) is 4.55. The van der Waals surface area contributed by atoms with E-state index in [0.29, 0.717) is 11.6 Å². The van der Waals surface area contributed by atoms with Gasteiger partial charge >= 0.3 is 0 Å². The van der Waals surface area contributed by atoms with Crippen LogP contribution < -0.4 is 5.32 Å². The molecule has 0 radical (unpaired) electrons. The van der Waals surface area contributed by atoms with Crippen LogP contribution >= 0.6 is 23.2 Å². The minimum atomic E-state index is -3.63. The number of benzene rings is 2. The molecular weight excluding hydrogens is 388 g/mol. The Morgan fingerprint density at radius 1 is 1.20 bits per heavy atom. The maximum Gasteiger partial charge on any atom is 0.182 e. The predicted molar refractivity (Wildman–Crippen MR) is 98.7 cm³/mol. The number of rotatable bonds is 7. The van der Waals surface area contributed by atoms with Crippen molar-refractivity contribution >= 4 is 38.7 Å². The van der Waals surface area contributed by atoms with Crippen LogP contribution in [0.2, 0.25) is 10.0 Å². The monoisotopic (exact) mass is 405 g/mol. The Morgan fingerprint density at radius 2 is 1.84 bits per heavy atom. The van der Waals surface area contributed by atoms with Crippen LogP contribution in [0.1, 0.15) is 12.5 Å². The number of hydrogen-bond donors (Lipinski definition) is 1. The molecule has 0 saturated carbocycles. The van der Waals surface area contributed by atoms with E-state index >= 15 is 0 Å². The summed E-state index contributed by atoms with van der Waals surface area (Å²) in [5.74, 6) is -0.976. The average Bonchev–Trinajstić information content (AvgIpc) is 2.51. The van der Waals surface area contributed by atoms with Crippen molar-refractivity contribution in [2.45, 2.75) is 23.6 Å². The first kappa shape index (κ1) is 20.0. The Bertz CT molecular complexity index is 818. The number of methoxy groups -OCH3 is 1. The SMILES string of the molecule is COCC(C)Nc1c(F)cc(CS(=O)(=O)c2ccc(Cl)cc2)cc1Cl. The molecule has 1 atom stereocenters. The highest BCUT2D eigenvalue weighted by molar-refractivity contribution is 7.90. The zero-order chi connectivity index (χ0) is 18.6. The fourth-order valence-corrected chi connectivity index (χ4v) is 4.06. The summed E-state index contributed by atoms with van der Waals surface area (Å²) in [6, 6.07) is 8.27. The van der Waals surface area contributed by atoms with Crippen LogP contribution in [0.4, 0.5) is 10.1 Å². The summed E-state index contributed by atoms with van der Waals surface area (Å²) in [6.45, 7) is 2.20. The molecule has 0 bridgehead atoms. The van der Waals surface area contributed by atoms with Gasteiger partial charge < -0.3 is 10.1 Å². The van der Waals surface area contributed by atoms with Crippen molar-refractivity contribution in [2.24, 2.45) is 0 Å². The van der Waals surface area contributed by atoms with Gasteiger partial charge in [0.05, 0.1) is 28.0 Å². The summed E-state index contributed by atoms with van der Waals surface area (Å²) in [5, 5.41) is 3.46. The van der Waals surface area contributed by atoms with Crippen molar-refractivity contribution in [3.8, 4) is 0 Å². The molecular formula is C17H18Cl2FNO3S. The van der Waals surface area contributed by atoms with Gasteiger partial charge in [0.25, 0.3) is 0 Å². The Hall–Kier alpha value is -1.34. The van der Waals surface area contributed by atoms with Gasteiger partial charge in [0, 0.05) is 18.2 Å². The van der Waals surface area contributed by atoms with E-state index < -0.39 is 15.7 Å². The van der Waals surface area contributed by atoms with Crippen molar-refractivity contribution in [1.29, 1.82) is 0 Å². The molecule has 0 spiro atoms. The number of hydrogen-bond acceptors (Lipinski definition) is 4. The third-order valence-corrected chi connectivity index (χ3v) is 5.69. The van der Waals surface area contributed by atoms with Gasteiger partial charge in [-0.25, -0.2) is 12.8 Å². The second-order valence-electron chi connectivity index (χ2n) is 5.65. The van der Waals surface area contributed by atoms with Gasteiger partial charge in [0.15, 0.2) is 9.84 Å². The molecule has 0 amide bonds. The maximum atomic E-state index is 14.3. The molecule has 0 aliphatic heterocycles. The van der Waals surface area contributed by atoms with Crippen molar-refractivity contribution in [3.05, 3.63) is 57.8 Å². The Kier molecular flexibility index (Phi) is 6.68. The topological polar surface area (TPSA) is 55.4 Å². The highest BCUT2D eigenvalue weighted by Crippen LogP contribution is 2.29. The summed E-state index contributed by atoms with van der Waals surface area (Å²) in [7, 11) is -2.09. The number of nitrogens with one attached hydrogen (secondary N) is 1. The lowest BCUT2D eigenvalue weighted by atomic mass is 10.2. The molecule has 0 heterocycles. The van der Waals surface area contributed by atoms with Crippen LogP contribution in [0.15, 0.2) is 41.3 Å². The molecule has 8 heteroatoms. The third kappa shape index (κ3) is 5.31. The van der Waals surface area contributed by atoms with Gasteiger partial charge in [-0.3, -0.25) is 0 Å². The fourth-order valence-electron chi connectivity index (χ4n) is 2.33. The van der Waals surface area contributed by atoms with E-state index in [0.717, 1.165) is 0 Å². The van der Waals surface area contributed by atoms with Crippen LogP contribution in [0.3, 0.4) is 0 Å². The molecule has 4 nitrogen and oxygen atoms in total. The molecule has 2 aromatic rings. The summed E-state index contributed by atoms with van der Waals surface area (Å²) in [4.78, 5) is 0.115. The van der Waals surface area contributed by atoms with E-state index in [2.05, 4.69) is 5.32 Å². The van der Waals surface area contributed by atoms with E-state index in [9.17, 15) is 12.8 Å². The summed E-state index contributed by atoms with van der Waals surface area (Å²) >= 11 is 11.9. The van der Waals surface area contributed by atoms with Gasteiger partial charge in [0.2, 0.25) is 0 Å². The second kappa shape index (κ2) is 8.36. The minimum absolute atomic E-state index is 0.115. The first-order valence-electron chi connectivity index (χ1n) is 7.44. The third-order valence-electron chi connectivity index (χ3n) is 3.44. The van der Waals surface area contributed by atoms with Crippen molar-refractivity contribution < 1.29 is 17.5 Å². The largest absolute Gasteiger partial charge is 0.383 e. The van der Waals surface area contributed by atoms with Crippen molar-refractivity contribution in [1.82, 2.24) is 0 Å². The molecule has 1 unspecified atom stereocenters. The second-order valence-corrected chi connectivity index (χ2v) is 8.48. The van der Waals surface area contributed by atoms with E-state index in [1.807, 2.05) is 6.92 Å². The van der Waals surface area contributed by atoms with Gasteiger partial charge in [0.1, 0.15) is 5.82 Å². The number of halogens is 3. The van der Waals surface area contributed by atoms with Crippen LogP contribution in [0.25, 0.3) is 0 Å². The lowest BCUT2D eigenvalue weighted by molar-refractivity contribution is 0.190. The lowest BCUT2D eigenvalue weighted by Crippen LogP contribution is -2.21. The van der Waals surface area contributed by atoms with E-state index in [1.54, 1.807) is 7.11 Å². The fraction of sp³-hybridized carbons (Fsp3) is 0.294. The molecule has 0 fully saturated rings. The van der Waals surface area contributed by atoms with Crippen LogP contribution in [0.5, 0.6) is 0 Å². The highest BCUT2D eigenvalue weighted by atomic mass is 35.5. The number of sulfone groups is 1. The van der Waals surface area contributed by atoms with Crippen LogP contribution in [-0.4, -0.2) is 28.2 Å². The highest BCUT2D eigenvalue weighted by Gasteiger charge is 2.18. The van der Waals surface area contributed by atoms with Crippen molar-refractivity contribution in [3.63, 3.8) is 0 Å². The first-order chi connectivity index (χ1) is 11.7. The molecule has 2 aromatic carbocycles. The van der Waals surface area contributed by atoms with Gasteiger partial charge in [-0.2, -0.15) is 0 Å². The van der Waals surface area contributed by atoms with Crippen molar-refractivity contribution in [2.75, 3.05) is 19.0 Å². The Morgan fingerprint density at radius 3 is 2.40 bits per heavy atom. The molecule has 136 valence electrons. The molecule has 2 rings (SSSR count). The smallest absolute Gasteiger partial charge is 0.182 e. The van der Waals surface area contributed by atoms with Gasteiger partial charge in [-0.15, -0.1) is 0 Å². The normalized spacial score (nSPS) is 12.8. The molecule has 0 aliphatic carbocycles. The zero-order valence-corrected chi connectivity index (χ0v) is 16.1. The minimum Gasteiger partial charge on any atom is -0.383 e. The average molecular weight is 406 g/mol. The van der Waals surface area contributed by atoms with E-state index in [1.165, 1.54) is 36.4 Å². The van der Waals surface area contributed by atoms with Crippen LogP contribution in [0, 0.1) is 5.82 Å². The molecule has 0 aliphatic rings. The molecule has 25 heavy (non-hydrogen) atoms. The number of anilines is 1. The van der Waals surface area contributed by atoms with Gasteiger partial charge in [-0.05, 0) is 48.9 Å². The standard InChI is InChI=1S/C17H18Cl2FNO3S/c1-11(9-24-2)21-17-15(19)7-12(8-16(17)20)10-25(22,23)14-5-3-13(18)4-6-14/h3-8,11,21H,9-10H2,1-2H3. The molecule has 0 aromatic heterocycles. The van der Waals surface area contributed by atoms with E-state index in [4.69, 9.17) is 27.9 Å². The summed E-state index contributed by atoms with van der Waals surface area (Å²) in [6.07, 6.45) is 0. The lowest BCUT2D eigenvalue weighted by Gasteiger charge is -2.17. The quantitative estimate of drug-likeness (QED) is 0.733. The molecule has 0 saturated heterocycles. The summed E-state index contributed by atoms with van der Waals surface area (Å²) < 4.78 is 44.2. The van der Waals surface area contributed by atoms with Gasteiger partial charge in [-0.1, -0.05) is 23.2 Å². The molecule has 1 N–H and O–H groups in total.